The number of rotatable bonds is 6. The number of nitriles is 1. The molecule has 0 bridgehead atoms. The van der Waals surface area contributed by atoms with Gasteiger partial charge in [0.15, 0.2) is 0 Å². The lowest BCUT2D eigenvalue weighted by molar-refractivity contribution is -0.122. The smallest absolute Gasteiger partial charge is 0.239 e. The van der Waals surface area contributed by atoms with Crippen LogP contribution in [0.2, 0.25) is 0 Å². The van der Waals surface area contributed by atoms with E-state index < -0.39 is 27.6 Å². The van der Waals surface area contributed by atoms with Crippen LogP contribution in [0.5, 0.6) is 0 Å². The zero-order valence-corrected chi connectivity index (χ0v) is 14.2. The number of carbonyl (C=O) groups is 1. The van der Waals surface area contributed by atoms with Gasteiger partial charge in [0.05, 0.1) is 17.4 Å². The Morgan fingerprint density at radius 3 is 2.70 bits per heavy atom. The molecule has 7 heteroatoms. The standard InChI is InChI=1S/C16H16N2O3S2/c1-12(9-15-7-4-8-22-15)16(19)18-23(20,21)11-14-6-3-2-5-13(14)10-17/h2-8,12H,9,11H2,1H3,(H,18,19)/t12-/m0/s1. The van der Waals surface area contributed by atoms with Gasteiger partial charge in [0.25, 0.3) is 0 Å². The van der Waals surface area contributed by atoms with Crippen LogP contribution in [0.25, 0.3) is 0 Å². The number of sulfonamides is 1. The fraction of sp³-hybridized carbons (Fsp3) is 0.250. The summed E-state index contributed by atoms with van der Waals surface area (Å²) in [6.45, 7) is 1.69. The first-order valence-corrected chi connectivity index (χ1v) is 9.49. The third kappa shape index (κ3) is 4.91. The monoisotopic (exact) mass is 348 g/mol. The number of thiophene rings is 1. The molecular formula is C16H16N2O3S2. The Hall–Kier alpha value is -2.17. The van der Waals surface area contributed by atoms with Crippen LogP contribution in [0.1, 0.15) is 22.9 Å². The van der Waals surface area contributed by atoms with E-state index in [0.717, 1.165) is 4.88 Å². The molecule has 0 fully saturated rings. The van der Waals surface area contributed by atoms with Crippen LogP contribution in [0.3, 0.4) is 0 Å². The zero-order chi connectivity index (χ0) is 16.9. The first-order chi connectivity index (χ1) is 10.9. The predicted molar refractivity (Wildman–Crippen MR) is 89.1 cm³/mol. The summed E-state index contributed by atoms with van der Waals surface area (Å²) in [6.07, 6.45) is 0.494. The van der Waals surface area contributed by atoms with E-state index in [1.807, 2.05) is 23.6 Å². The number of nitrogens with one attached hydrogen (secondary N) is 1. The van der Waals surface area contributed by atoms with Crippen LogP contribution in [0.4, 0.5) is 0 Å². The highest BCUT2D eigenvalue weighted by molar-refractivity contribution is 7.89. The quantitative estimate of drug-likeness (QED) is 0.868. The minimum Gasteiger partial charge on any atom is -0.274 e. The van der Waals surface area contributed by atoms with Crippen LogP contribution in [0.15, 0.2) is 41.8 Å². The highest BCUT2D eigenvalue weighted by atomic mass is 32.2. The molecule has 0 saturated carbocycles. The van der Waals surface area contributed by atoms with E-state index >= 15 is 0 Å². The van der Waals surface area contributed by atoms with Gasteiger partial charge in [-0.15, -0.1) is 11.3 Å². The van der Waals surface area contributed by atoms with Crippen molar-refractivity contribution >= 4 is 27.3 Å². The van der Waals surface area contributed by atoms with Crippen molar-refractivity contribution in [2.45, 2.75) is 19.1 Å². The van der Waals surface area contributed by atoms with Crippen LogP contribution in [-0.2, 0) is 27.0 Å². The molecule has 1 aromatic carbocycles. The second kappa shape index (κ2) is 7.40. The lowest BCUT2D eigenvalue weighted by Gasteiger charge is -2.12. The molecule has 2 rings (SSSR count). The summed E-state index contributed by atoms with van der Waals surface area (Å²) >= 11 is 1.53. The Bertz CT molecular complexity index is 821. The fourth-order valence-corrected chi connectivity index (χ4v) is 4.15. The summed E-state index contributed by atoms with van der Waals surface area (Å²) in [5.41, 5.74) is 0.665. The van der Waals surface area contributed by atoms with Gasteiger partial charge in [0, 0.05) is 10.8 Å². The van der Waals surface area contributed by atoms with Gasteiger partial charge in [0.2, 0.25) is 15.9 Å². The first kappa shape index (κ1) is 17.2. The van der Waals surface area contributed by atoms with Gasteiger partial charge in [0.1, 0.15) is 0 Å². The Morgan fingerprint density at radius 1 is 1.30 bits per heavy atom. The molecule has 1 amide bonds. The van der Waals surface area contributed by atoms with Gasteiger partial charge in [-0.25, -0.2) is 8.42 Å². The maximum absolute atomic E-state index is 12.1. The van der Waals surface area contributed by atoms with Gasteiger partial charge in [-0.05, 0) is 29.5 Å². The number of hydrogen-bond donors (Lipinski definition) is 1. The topological polar surface area (TPSA) is 87.0 Å². The van der Waals surface area contributed by atoms with Crippen LogP contribution < -0.4 is 4.72 Å². The summed E-state index contributed by atoms with van der Waals surface area (Å²) in [5.74, 6) is -1.38. The maximum Gasteiger partial charge on any atom is 0.239 e. The minimum absolute atomic E-state index is 0.289. The molecule has 1 atom stereocenters. The Morgan fingerprint density at radius 2 is 2.04 bits per heavy atom. The molecule has 1 N–H and O–H groups in total. The molecule has 0 spiro atoms. The Balaban J connectivity index is 2.03. The van der Waals surface area contributed by atoms with Gasteiger partial charge < -0.3 is 0 Å². The van der Waals surface area contributed by atoms with E-state index in [1.165, 1.54) is 11.3 Å². The van der Waals surface area contributed by atoms with Crippen molar-refractivity contribution in [3.63, 3.8) is 0 Å². The van der Waals surface area contributed by atoms with E-state index in [-0.39, 0.29) is 5.56 Å². The lowest BCUT2D eigenvalue weighted by atomic mass is 10.1. The lowest BCUT2D eigenvalue weighted by Crippen LogP contribution is -2.36. The number of amides is 1. The highest BCUT2D eigenvalue weighted by Crippen LogP contribution is 2.15. The minimum atomic E-state index is -3.84. The summed E-state index contributed by atoms with van der Waals surface area (Å²) in [7, 11) is -3.84. The van der Waals surface area contributed by atoms with Gasteiger partial charge in [-0.2, -0.15) is 5.26 Å². The van der Waals surface area contributed by atoms with Gasteiger partial charge >= 0.3 is 0 Å². The number of benzene rings is 1. The average molecular weight is 348 g/mol. The molecule has 0 aliphatic carbocycles. The molecule has 120 valence electrons. The van der Waals surface area contributed by atoms with E-state index in [9.17, 15) is 13.2 Å². The fourth-order valence-electron chi connectivity index (χ4n) is 2.07. The van der Waals surface area contributed by atoms with E-state index in [4.69, 9.17) is 5.26 Å². The number of carbonyl (C=O) groups excluding carboxylic acids is 1. The van der Waals surface area contributed by atoms with Crippen LogP contribution in [-0.4, -0.2) is 14.3 Å². The highest BCUT2D eigenvalue weighted by Gasteiger charge is 2.21. The normalized spacial score (nSPS) is 12.3. The molecule has 0 aliphatic rings. The molecule has 0 radical (unpaired) electrons. The largest absolute Gasteiger partial charge is 0.274 e. The van der Waals surface area contributed by atoms with Crippen molar-refractivity contribution in [2.24, 2.45) is 5.92 Å². The van der Waals surface area contributed by atoms with Crippen LogP contribution in [0, 0.1) is 17.2 Å². The van der Waals surface area contributed by atoms with Crippen molar-refractivity contribution in [2.75, 3.05) is 0 Å². The van der Waals surface area contributed by atoms with E-state index in [1.54, 1.807) is 31.2 Å². The third-order valence-corrected chi connectivity index (χ3v) is 5.38. The van der Waals surface area contributed by atoms with E-state index in [2.05, 4.69) is 4.72 Å². The SMILES string of the molecule is C[C@@H](Cc1cccs1)C(=O)NS(=O)(=O)Cc1ccccc1C#N. The maximum atomic E-state index is 12.1. The average Bonchev–Trinajstić information content (AvgIpc) is 2.99. The number of nitrogens with zero attached hydrogens (tertiary/aromatic N) is 1. The van der Waals surface area contributed by atoms with Crippen molar-refractivity contribution < 1.29 is 13.2 Å². The van der Waals surface area contributed by atoms with Crippen LogP contribution >= 0.6 is 11.3 Å². The molecule has 23 heavy (non-hydrogen) atoms. The molecule has 0 aliphatic heterocycles. The number of hydrogen-bond acceptors (Lipinski definition) is 5. The van der Waals surface area contributed by atoms with Crippen molar-refractivity contribution in [3.8, 4) is 6.07 Å². The zero-order valence-electron chi connectivity index (χ0n) is 12.5. The molecular weight excluding hydrogens is 332 g/mol. The third-order valence-electron chi connectivity index (χ3n) is 3.27. The second-order valence-electron chi connectivity index (χ2n) is 5.18. The van der Waals surface area contributed by atoms with Crippen molar-refractivity contribution in [1.29, 1.82) is 5.26 Å². The summed E-state index contributed by atoms with van der Waals surface area (Å²) in [5, 5.41) is 10.9. The molecule has 1 aromatic heterocycles. The summed E-state index contributed by atoms with van der Waals surface area (Å²) in [4.78, 5) is 13.1. The first-order valence-electron chi connectivity index (χ1n) is 6.96. The molecule has 5 nitrogen and oxygen atoms in total. The molecule has 0 saturated heterocycles. The van der Waals surface area contributed by atoms with Gasteiger partial charge in [-0.1, -0.05) is 31.2 Å². The predicted octanol–water partition coefficient (Wildman–Crippen LogP) is 2.44. The van der Waals surface area contributed by atoms with Crippen molar-refractivity contribution in [3.05, 3.63) is 57.8 Å². The second-order valence-corrected chi connectivity index (χ2v) is 7.93. The summed E-state index contributed by atoms with van der Waals surface area (Å²) in [6, 6.07) is 12.2. The Kier molecular flexibility index (Phi) is 5.53. The van der Waals surface area contributed by atoms with E-state index in [0.29, 0.717) is 12.0 Å². The van der Waals surface area contributed by atoms with Gasteiger partial charge in [-0.3, -0.25) is 9.52 Å². The molecule has 2 aromatic rings. The summed E-state index contributed by atoms with van der Waals surface area (Å²) < 4.78 is 26.4. The Labute approximate surface area is 139 Å². The molecule has 0 unspecified atom stereocenters. The van der Waals surface area contributed by atoms with Crippen molar-refractivity contribution in [1.82, 2.24) is 4.72 Å². The molecule has 1 heterocycles.